The maximum absolute atomic E-state index is 13.2. The first-order valence-electron chi connectivity index (χ1n) is 11.5. The smallest absolute Gasteiger partial charge is 0.227 e. The van der Waals surface area contributed by atoms with Gasteiger partial charge in [-0.05, 0) is 51.8 Å². The Morgan fingerprint density at radius 1 is 1.03 bits per heavy atom. The van der Waals surface area contributed by atoms with Gasteiger partial charge in [-0.2, -0.15) is 0 Å². The molecule has 0 spiro atoms. The van der Waals surface area contributed by atoms with Crippen molar-refractivity contribution in [2.24, 2.45) is 5.92 Å². The lowest BCUT2D eigenvalue weighted by Crippen LogP contribution is -2.46. The van der Waals surface area contributed by atoms with Crippen molar-refractivity contribution in [2.75, 3.05) is 51.2 Å². The van der Waals surface area contributed by atoms with Gasteiger partial charge in [0.15, 0.2) is 5.65 Å². The summed E-state index contributed by atoms with van der Waals surface area (Å²) in [5.74, 6) is 0.391. The summed E-state index contributed by atoms with van der Waals surface area (Å²) in [7, 11) is 2.14. The monoisotopic (exact) mass is 410 g/mol. The predicted octanol–water partition coefficient (Wildman–Crippen LogP) is 2.53. The first-order valence-corrected chi connectivity index (χ1v) is 11.5. The lowest BCUT2D eigenvalue weighted by Gasteiger charge is -2.36. The first-order chi connectivity index (χ1) is 14.6. The van der Waals surface area contributed by atoms with Gasteiger partial charge in [0.25, 0.3) is 0 Å². The van der Waals surface area contributed by atoms with Crippen LogP contribution in [0, 0.1) is 5.92 Å². The van der Waals surface area contributed by atoms with Gasteiger partial charge in [0, 0.05) is 32.7 Å². The molecule has 1 atom stereocenters. The van der Waals surface area contributed by atoms with Gasteiger partial charge in [-0.1, -0.05) is 13.8 Å². The second kappa shape index (κ2) is 9.25. The Kier molecular flexibility index (Phi) is 6.46. The first kappa shape index (κ1) is 21.0. The fraction of sp³-hybridized carbons (Fsp3) is 0.652. The summed E-state index contributed by atoms with van der Waals surface area (Å²) < 4.78 is 0. The topological polar surface area (TPSA) is 65.5 Å². The van der Waals surface area contributed by atoms with E-state index in [1.807, 2.05) is 6.20 Å². The molecule has 7 heteroatoms. The average Bonchev–Trinajstić information content (AvgIpc) is 3.01. The van der Waals surface area contributed by atoms with Crippen LogP contribution in [-0.2, 0) is 17.6 Å². The van der Waals surface area contributed by atoms with Crippen molar-refractivity contribution in [3.8, 4) is 0 Å². The Balaban J connectivity index is 1.51. The Morgan fingerprint density at radius 2 is 1.83 bits per heavy atom. The van der Waals surface area contributed by atoms with Gasteiger partial charge in [-0.15, -0.1) is 0 Å². The van der Waals surface area contributed by atoms with Crippen LogP contribution in [0.25, 0.3) is 11.2 Å². The summed E-state index contributed by atoms with van der Waals surface area (Å²) in [5.41, 5.74) is 4.71. The molecule has 2 fully saturated rings. The number of likely N-dealkylation sites (N-methyl/N-ethyl adjacent to an activating group) is 1. The molecule has 2 aliphatic heterocycles. The second-order valence-corrected chi connectivity index (χ2v) is 8.63. The SMILES string of the molecule is CCc1nc2cc(N3CCC[C@H](C(=O)N4CCCN(C)CC4)C3)cnc2nc1CC. The molecule has 0 unspecified atom stereocenters. The van der Waals surface area contributed by atoms with E-state index in [-0.39, 0.29) is 5.92 Å². The zero-order valence-electron chi connectivity index (χ0n) is 18.6. The van der Waals surface area contributed by atoms with E-state index in [1.54, 1.807) is 0 Å². The zero-order chi connectivity index (χ0) is 21.1. The van der Waals surface area contributed by atoms with Crippen LogP contribution in [0.5, 0.6) is 0 Å². The molecule has 1 amide bonds. The summed E-state index contributed by atoms with van der Waals surface area (Å²) in [6.07, 6.45) is 6.71. The van der Waals surface area contributed by atoms with Crippen LogP contribution in [-0.4, -0.2) is 77.0 Å². The van der Waals surface area contributed by atoms with E-state index < -0.39 is 0 Å². The fourth-order valence-electron chi connectivity index (χ4n) is 4.68. The van der Waals surface area contributed by atoms with E-state index in [0.29, 0.717) is 11.6 Å². The molecule has 0 aromatic carbocycles. The van der Waals surface area contributed by atoms with Gasteiger partial charge < -0.3 is 14.7 Å². The third-order valence-electron chi connectivity index (χ3n) is 6.50. The summed E-state index contributed by atoms with van der Waals surface area (Å²) in [6.45, 7) is 9.72. The Labute approximate surface area is 179 Å². The van der Waals surface area contributed by atoms with Crippen LogP contribution in [0.3, 0.4) is 0 Å². The Hall–Kier alpha value is -2.28. The number of amides is 1. The molecule has 30 heavy (non-hydrogen) atoms. The summed E-state index contributed by atoms with van der Waals surface area (Å²) >= 11 is 0. The van der Waals surface area contributed by atoms with Crippen molar-refractivity contribution in [2.45, 2.75) is 46.0 Å². The lowest BCUT2D eigenvalue weighted by molar-refractivity contribution is -0.135. The summed E-state index contributed by atoms with van der Waals surface area (Å²) in [4.78, 5) is 34.1. The number of carbonyl (C=O) groups excluding carboxylic acids is 1. The number of fused-ring (bicyclic) bond motifs is 1. The number of carbonyl (C=O) groups is 1. The van der Waals surface area contributed by atoms with E-state index in [4.69, 9.17) is 9.97 Å². The summed E-state index contributed by atoms with van der Waals surface area (Å²) in [6, 6.07) is 2.10. The van der Waals surface area contributed by atoms with E-state index >= 15 is 0 Å². The van der Waals surface area contributed by atoms with E-state index in [0.717, 1.165) is 94.0 Å². The molecule has 4 heterocycles. The van der Waals surface area contributed by atoms with E-state index in [9.17, 15) is 4.79 Å². The number of anilines is 1. The van der Waals surface area contributed by atoms with Crippen LogP contribution in [0.1, 0.15) is 44.5 Å². The van der Waals surface area contributed by atoms with Crippen molar-refractivity contribution in [3.05, 3.63) is 23.7 Å². The average molecular weight is 411 g/mol. The predicted molar refractivity (Wildman–Crippen MR) is 120 cm³/mol. The minimum atomic E-state index is 0.0672. The molecule has 0 radical (unpaired) electrons. The largest absolute Gasteiger partial charge is 0.369 e. The Bertz CT molecular complexity index is 901. The van der Waals surface area contributed by atoms with Crippen molar-refractivity contribution in [3.63, 3.8) is 0 Å². The number of hydrogen-bond donors (Lipinski definition) is 0. The molecule has 162 valence electrons. The third-order valence-corrected chi connectivity index (χ3v) is 6.50. The van der Waals surface area contributed by atoms with E-state index in [2.05, 4.69) is 46.6 Å². The third kappa shape index (κ3) is 4.41. The molecule has 7 nitrogen and oxygen atoms in total. The molecule has 2 aliphatic rings. The number of piperidine rings is 1. The van der Waals surface area contributed by atoms with Gasteiger partial charge in [0.1, 0.15) is 5.52 Å². The quantitative estimate of drug-likeness (QED) is 0.772. The maximum atomic E-state index is 13.2. The van der Waals surface area contributed by atoms with Crippen LogP contribution in [0.4, 0.5) is 5.69 Å². The normalized spacial score (nSPS) is 21.1. The van der Waals surface area contributed by atoms with Crippen LogP contribution >= 0.6 is 0 Å². The minimum Gasteiger partial charge on any atom is -0.369 e. The molecule has 0 saturated carbocycles. The lowest BCUT2D eigenvalue weighted by atomic mass is 9.96. The molecule has 2 saturated heterocycles. The minimum absolute atomic E-state index is 0.0672. The van der Waals surface area contributed by atoms with Gasteiger partial charge in [-0.3, -0.25) is 4.79 Å². The van der Waals surface area contributed by atoms with Crippen molar-refractivity contribution in [1.29, 1.82) is 0 Å². The highest BCUT2D eigenvalue weighted by molar-refractivity contribution is 5.80. The number of pyridine rings is 1. The molecule has 0 N–H and O–H groups in total. The number of aryl methyl sites for hydroxylation is 2. The van der Waals surface area contributed by atoms with Crippen molar-refractivity contribution < 1.29 is 4.79 Å². The molecule has 2 aromatic heterocycles. The van der Waals surface area contributed by atoms with Gasteiger partial charge in [0.05, 0.1) is 29.2 Å². The zero-order valence-corrected chi connectivity index (χ0v) is 18.6. The number of rotatable bonds is 4. The number of nitrogens with zero attached hydrogens (tertiary/aromatic N) is 6. The highest BCUT2D eigenvalue weighted by atomic mass is 16.2. The Morgan fingerprint density at radius 3 is 2.63 bits per heavy atom. The summed E-state index contributed by atoms with van der Waals surface area (Å²) in [5, 5.41) is 0. The van der Waals surface area contributed by atoms with Crippen LogP contribution < -0.4 is 4.90 Å². The molecule has 2 aromatic rings. The number of aromatic nitrogens is 3. The molecular weight excluding hydrogens is 376 g/mol. The van der Waals surface area contributed by atoms with Crippen molar-refractivity contribution >= 4 is 22.8 Å². The standard InChI is InChI=1S/C23H34N6O/c1-4-19-20(5-2)26-22-21(25-19)14-18(15-24-22)29-10-6-8-17(16-29)23(30)28-11-7-9-27(3)12-13-28/h14-15,17H,4-13,16H2,1-3H3/t17-/m0/s1. The van der Waals surface area contributed by atoms with Gasteiger partial charge in [-0.25, -0.2) is 15.0 Å². The van der Waals surface area contributed by atoms with Gasteiger partial charge >= 0.3 is 0 Å². The second-order valence-electron chi connectivity index (χ2n) is 8.63. The molecule has 4 rings (SSSR count). The number of hydrogen-bond acceptors (Lipinski definition) is 6. The van der Waals surface area contributed by atoms with Crippen LogP contribution in [0.2, 0.25) is 0 Å². The van der Waals surface area contributed by atoms with Gasteiger partial charge in [0.2, 0.25) is 5.91 Å². The highest BCUT2D eigenvalue weighted by Crippen LogP contribution is 2.26. The van der Waals surface area contributed by atoms with Crippen molar-refractivity contribution in [1.82, 2.24) is 24.8 Å². The molecule has 0 bridgehead atoms. The molecular formula is C23H34N6O. The van der Waals surface area contributed by atoms with Crippen LogP contribution in [0.15, 0.2) is 12.3 Å². The highest BCUT2D eigenvalue weighted by Gasteiger charge is 2.30. The maximum Gasteiger partial charge on any atom is 0.227 e. The fourth-order valence-corrected chi connectivity index (χ4v) is 4.68. The molecule has 0 aliphatic carbocycles. The van der Waals surface area contributed by atoms with E-state index in [1.165, 1.54) is 0 Å².